The second kappa shape index (κ2) is 7.84. The van der Waals surface area contributed by atoms with Crippen molar-refractivity contribution in [2.45, 2.75) is 131 Å². The quantitative estimate of drug-likeness (QED) is 0.321. The van der Waals surface area contributed by atoms with E-state index >= 15 is 0 Å². The van der Waals surface area contributed by atoms with Crippen LogP contribution in [-0.4, -0.2) is 22.8 Å². The Labute approximate surface area is 214 Å². The third-order valence-corrected chi connectivity index (χ3v) is 13.1. The number of fused-ring (bicyclic) bond motifs is 2. The van der Waals surface area contributed by atoms with Gasteiger partial charge in [-0.2, -0.15) is 0 Å². The third-order valence-electron chi connectivity index (χ3n) is 13.1. The molecule has 3 heteroatoms. The molecule has 5 rings (SSSR count). The van der Waals surface area contributed by atoms with Gasteiger partial charge in [0, 0.05) is 12.3 Å². The zero-order chi connectivity index (χ0) is 25.7. The van der Waals surface area contributed by atoms with Crippen molar-refractivity contribution < 1.29 is 14.6 Å². The van der Waals surface area contributed by atoms with Crippen molar-refractivity contribution in [1.29, 1.82) is 0 Å². The van der Waals surface area contributed by atoms with E-state index in [0.29, 0.717) is 33.5 Å². The van der Waals surface area contributed by atoms with Crippen LogP contribution in [0.2, 0.25) is 0 Å². The normalized spacial score (nSPS) is 48.9. The number of allylic oxidation sites excluding steroid dienone is 1. The van der Waals surface area contributed by atoms with E-state index < -0.39 is 5.60 Å². The maximum Gasteiger partial charge on any atom is 0.302 e. The monoisotopic (exact) mass is 484 g/mol. The van der Waals surface area contributed by atoms with E-state index in [1.54, 1.807) is 6.92 Å². The van der Waals surface area contributed by atoms with Crippen molar-refractivity contribution >= 4 is 5.97 Å². The number of hydrogen-bond acceptors (Lipinski definition) is 3. The molecule has 0 aliphatic heterocycles. The molecule has 2 spiro atoms. The molecule has 9 atom stereocenters. The largest absolute Gasteiger partial charge is 0.462 e. The average Bonchev–Trinajstić information content (AvgIpc) is 3.31. The van der Waals surface area contributed by atoms with Crippen LogP contribution in [0.4, 0.5) is 0 Å². The van der Waals surface area contributed by atoms with Crippen LogP contribution < -0.4 is 0 Å². The van der Waals surface area contributed by atoms with Crippen LogP contribution in [0.3, 0.4) is 0 Å². The van der Waals surface area contributed by atoms with Gasteiger partial charge in [-0.3, -0.25) is 4.79 Å². The minimum absolute atomic E-state index is 0.0829. The Morgan fingerprint density at radius 3 is 2.29 bits per heavy atom. The summed E-state index contributed by atoms with van der Waals surface area (Å²) >= 11 is 0. The third kappa shape index (κ3) is 3.48. The molecule has 35 heavy (non-hydrogen) atoms. The number of carbonyl (C=O) groups excluding carboxylic acids is 1. The van der Waals surface area contributed by atoms with E-state index in [1.165, 1.54) is 51.4 Å². The molecule has 5 aliphatic rings. The molecular formula is C32H52O3. The maximum atomic E-state index is 11.8. The molecule has 0 aromatic carbocycles. The number of hydrogen-bond donors (Lipinski definition) is 1. The second-order valence-corrected chi connectivity index (χ2v) is 15.4. The second-order valence-electron chi connectivity index (χ2n) is 15.4. The first kappa shape index (κ1) is 25.8. The lowest BCUT2D eigenvalue weighted by atomic mass is 9.41. The molecule has 0 bridgehead atoms. The van der Waals surface area contributed by atoms with Crippen LogP contribution in [0.5, 0.6) is 0 Å². The number of esters is 1. The fourth-order valence-corrected chi connectivity index (χ4v) is 11.4. The molecule has 198 valence electrons. The predicted molar refractivity (Wildman–Crippen MR) is 142 cm³/mol. The Bertz CT molecular complexity index is 897. The summed E-state index contributed by atoms with van der Waals surface area (Å²) in [7, 11) is 0. The van der Waals surface area contributed by atoms with Crippen molar-refractivity contribution in [3.8, 4) is 0 Å². The van der Waals surface area contributed by atoms with Gasteiger partial charge in [-0.15, -0.1) is 0 Å². The molecule has 1 N–H and O–H groups in total. The van der Waals surface area contributed by atoms with Crippen LogP contribution in [0.25, 0.3) is 0 Å². The molecule has 0 unspecified atom stereocenters. The van der Waals surface area contributed by atoms with E-state index in [0.717, 1.165) is 24.7 Å². The van der Waals surface area contributed by atoms with Gasteiger partial charge in [-0.05, 0) is 123 Å². The summed E-state index contributed by atoms with van der Waals surface area (Å²) in [5.41, 5.74) is 1.27. The molecule has 0 aromatic heterocycles. The molecular weight excluding hydrogens is 432 g/mol. The van der Waals surface area contributed by atoms with Crippen molar-refractivity contribution in [2.75, 3.05) is 0 Å². The van der Waals surface area contributed by atoms with Gasteiger partial charge in [0.15, 0.2) is 0 Å². The number of carbonyl (C=O) groups is 1. The van der Waals surface area contributed by atoms with Crippen LogP contribution in [0, 0.1) is 50.7 Å². The van der Waals surface area contributed by atoms with Gasteiger partial charge in [0.2, 0.25) is 0 Å². The lowest BCUT2D eigenvalue weighted by Gasteiger charge is -2.63. The summed E-state index contributed by atoms with van der Waals surface area (Å²) in [5.74, 6) is 2.88. The van der Waals surface area contributed by atoms with E-state index in [-0.39, 0.29) is 17.5 Å². The maximum absolute atomic E-state index is 11.8. The summed E-state index contributed by atoms with van der Waals surface area (Å²) < 4.78 is 5.89. The Hall–Kier alpha value is -0.830. The van der Waals surface area contributed by atoms with Gasteiger partial charge in [-0.25, -0.2) is 0 Å². The van der Waals surface area contributed by atoms with Gasteiger partial charge in [-0.1, -0.05) is 46.8 Å². The Balaban J connectivity index is 1.38. The van der Waals surface area contributed by atoms with E-state index in [9.17, 15) is 9.90 Å². The summed E-state index contributed by atoms with van der Waals surface area (Å²) in [6, 6.07) is 0. The van der Waals surface area contributed by atoms with Crippen LogP contribution in [0.1, 0.15) is 120 Å². The van der Waals surface area contributed by atoms with Crippen molar-refractivity contribution in [1.82, 2.24) is 0 Å². The minimum atomic E-state index is -0.716. The molecule has 0 amide bonds. The van der Waals surface area contributed by atoms with Crippen LogP contribution in [-0.2, 0) is 9.53 Å². The van der Waals surface area contributed by atoms with Crippen LogP contribution >= 0.6 is 0 Å². The lowest BCUT2D eigenvalue weighted by molar-refractivity contribution is -0.181. The molecule has 0 aromatic rings. The smallest absolute Gasteiger partial charge is 0.302 e. The number of ether oxygens (including phenoxy) is 1. The van der Waals surface area contributed by atoms with Gasteiger partial charge >= 0.3 is 5.97 Å². The Morgan fingerprint density at radius 1 is 0.971 bits per heavy atom. The molecule has 3 nitrogen and oxygen atoms in total. The summed E-state index contributed by atoms with van der Waals surface area (Å²) in [4.78, 5) is 11.8. The van der Waals surface area contributed by atoms with Crippen molar-refractivity contribution in [3.63, 3.8) is 0 Å². The zero-order valence-electron chi connectivity index (χ0n) is 23.9. The van der Waals surface area contributed by atoms with Gasteiger partial charge in [0.05, 0.1) is 5.60 Å². The van der Waals surface area contributed by atoms with Gasteiger partial charge in [0.25, 0.3) is 0 Å². The van der Waals surface area contributed by atoms with Crippen LogP contribution in [0.15, 0.2) is 12.2 Å². The lowest BCUT2D eigenvalue weighted by Crippen LogP contribution is -2.58. The van der Waals surface area contributed by atoms with E-state index in [1.807, 2.05) is 19.9 Å². The zero-order valence-corrected chi connectivity index (χ0v) is 23.9. The molecule has 0 saturated heterocycles. The standard InChI is InChI=1S/C32H52O3/c1-21(10-9-15-27(3,4)34)23-13-16-30(8)25-12-11-24-28(5,6)26(35-22(2)33)14-17-31(24)20-32(25,31)19-18-29(23,30)7/h9,15,21,23-26,34H,10-14,16-20H2,1-8H3/t21-,23-,24+,25+,26+,29-,30+,31-,32-/m1/s1. The number of rotatable bonds is 5. The first-order chi connectivity index (χ1) is 16.1. The number of aliphatic hydroxyl groups is 1. The highest BCUT2D eigenvalue weighted by atomic mass is 16.5. The Kier molecular flexibility index (Phi) is 5.78. The SMILES string of the molecule is CC(=O)O[C@H]1CC[C@]23C[C@@]24CC[C@]2(C)[C@@H]([C@H](C)CC=CC(C)(C)O)CC[C@@]2(C)[C@@H]4CC[C@H]3C1(C)C. The van der Waals surface area contributed by atoms with Gasteiger partial charge in [0.1, 0.15) is 6.10 Å². The average molecular weight is 485 g/mol. The van der Waals surface area contributed by atoms with Gasteiger partial charge < -0.3 is 9.84 Å². The fourth-order valence-electron chi connectivity index (χ4n) is 11.4. The summed E-state index contributed by atoms with van der Waals surface area (Å²) in [6.45, 7) is 17.9. The molecule has 5 aliphatic carbocycles. The van der Waals surface area contributed by atoms with E-state index in [4.69, 9.17) is 4.74 Å². The highest BCUT2D eigenvalue weighted by Crippen LogP contribution is 2.89. The minimum Gasteiger partial charge on any atom is -0.462 e. The first-order valence-electron chi connectivity index (χ1n) is 14.7. The first-order valence-corrected chi connectivity index (χ1v) is 14.7. The van der Waals surface area contributed by atoms with Crippen molar-refractivity contribution in [2.24, 2.45) is 50.7 Å². The highest BCUT2D eigenvalue weighted by molar-refractivity contribution is 5.66. The summed E-state index contributed by atoms with van der Waals surface area (Å²) in [6.07, 6.45) is 17.4. The molecule has 5 fully saturated rings. The van der Waals surface area contributed by atoms with E-state index in [2.05, 4.69) is 40.7 Å². The Morgan fingerprint density at radius 2 is 1.63 bits per heavy atom. The highest BCUT2D eigenvalue weighted by Gasteiger charge is 2.82. The molecule has 5 saturated carbocycles. The molecule has 0 heterocycles. The fraction of sp³-hybridized carbons (Fsp3) is 0.906. The van der Waals surface area contributed by atoms with Crippen molar-refractivity contribution in [3.05, 3.63) is 12.2 Å². The topological polar surface area (TPSA) is 46.5 Å². The molecule has 0 radical (unpaired) electrons. The summed E-state index contributed by atoms with van der Waals surface area (Å²) in [5, 5.41) is 10.1. The predicted octanol–water partition coefficient (Wildman–Crippen LogP) is 7.71.